The van der Waals surface area contributed by atoms with Gasteiger partial charge < -0.3 is 9.84 Å². The number of hydrogen-bond donors (Lipinski definition) is 1. The molecular weight excluding hydrogens is 403 g/mol. The lowest BCUT2D eigenvalue weighted by atomic mass is 9.93. The Balaban J connectivity index is 1.60. The van der Waals surface area contributed by atoms with Crippen molar-refractivity contribution in [2.75, 3.05) is 6.61 Å². The number of pyridine rings is 1. The molecular formula is C23H21FN2O3S. The van der Waals surface area contributed by atoms with Crippen LogP contribution in [0, 0.1) is 12.7 Å². The number of aryl methyl sites for hydroxylation is 1. The van der Waals surface area contributed by atoms with E-state index in [1.54, 1.807) is 35.0 Å². The molecule has 0 spiro atoms. The lowest BCUT2D eigenvalue weighted by Gasteiger charge is -2.14. The summed E-state index contributed by atoms with van der Waals surface area (Å²) in [6.07, 6.45) is 1.93. The Morgan fingerprint density at radius 3 is 2.73 bits per heavy atom. The Kier molecular flexibility index (Phi) is 5.92. The number of rotatable bonds is 8. The van der Waals surface area contributed by atoms with E-state index in [1.165, 1.54) is 17.4 Å². The van der Waals surface area contributed by atoms with Gasteiger partial charge in [0.05, 0.1) is 17.2 Å². The van der Waals surface area contributed by atoms with Crippen molar-refractivity contribution in [2.45, 2.75) is 25.9 Å². The van der Waals surface area contributed by atoms with Gasteiger partial charge in [-0.15, -0.1) is 11.3 Å². The number of fused-ring (bicyclic) bond motifs is 1. The molecule has 7 heteroatoms. The van der Waals surface area contributed by atoms with Crippen LogP contribution >= 0.6 is 11.3 Å². The highest BCUT2D eigenvalue weighted by atomic mass is 32.1. The molecule has 1 atom stereocenters. The first kappa shape index (κ1) is 20.3. The number of ketones is 1. The van der Waals surface area contributed by atoms with Gasteiger partial charge in [0.25, 0.3) is 0 Å². The summed E-state index contributed by atoms with van der Waals surface area (Å²) in [6, 6.07) is 14.4. The molecule has 1 aromatic carbocycles. The molecule has 0 aliphatic carbocycles. The van der Waals surface area contributed by atoms with Crippen molar-refractivity contribution in [3.05, 3.63) is 87.8 Å². The predicted octanol–water partition coefficient (Wildman–Crippen LogP) is 4.77. The first-order valence-electron chi connectivity index (χ1n) is 9.59. The Labute approximate surface area is 177 Å². The van der Waals surface area contributed by atoms with Crippen molar-refractivity contribution in [1.29, 1.82) is 0 Å². The number of hydrogen-bond acceptors (Lipinski definition) is 5. The van der Waals surface area contributed by atoms with Crippen molar-refractivity contribution in [2.24, 2.45) is 0 Å². The van der Waals surface area contributed by atoms with Crippen LogP contribution in [0.5, 0.6) is 5.75 Å². The first-order valence-corrected chi connectivity index (χ1v) is 10.5. The second-order valence-electron chi connectivity index (χ2n) is 7.01. The van der Waals surface area contributed by atoms with Gasteiger partial charge in [-0.2, -0.15) is 0 Å². The average Bonchev–Trinajstić information content (AvgIpc) is 3.33. The number of imidazole rings is 1. The number of carbonyl (C=O) groups is 1. The number of aromatic nitrogens is 2. The van der Waals surface area contributed by atoms with Crippen molar-refractivity contribution in [3.8, 4) is 5.75 Å². The van der Waals surface area contributed by atoms with Crippen LogP contribution < -0.4 is 4.74 Å². The maximum Gasteiger partial charge on any atom is 0.182 e. The highest BCUT2D eigenvalue weighted by Crippen LogP contribution is 2.27. The number of aliphatic hydroxyl groups is 1. The highest BCUT2D eigenvalue weighted by molar-refractivity contribution is 7.09. The molecule has 0 fully saturated rings. The van der Waals surface area contributed by atoms with E-state index in [0.29, 0.717) is 27.7 Å². The van der Waals surface area contributed by atoms with Gasteiger partial charge in [-0.05, 0) is 36.1 Å². The Morgan fingerprint density at radius 1 is 1.23 bits per heavy atom. The number of halogens is 1. The van der Waals surface area contributed by atoms with E-state index in [2.05, 4.69) is 4.98 Å². The quantitative estimate of drug-likeness (QED) is 0.414. The van der Waals surface area contributed by atoms with Gasteiger partial charge in [0.1, 0.15) is 18.1 Å². The average molecular weight is 424 g/mol. The highest BCUT2D eigenvalue weighted by Gasteiger charge is 2.23. The summed E-state index contributed by atoms with van der Waals surface area (Å²) >= 11 is 1.29. The molecule has 0 amide bonds. The normalized spacial score (nSPS) is 12.2. The van der Waals surface area contributed by atoms with Crippen molar-refractivity contribution < 1.29 is 19.0 Å². The SMILES string of the molecule is Cc1nc2c(OCc3sccc3F)cccn2c1C(=O)C[C@@H](CO)c1ccccc1. The molecule has 4 aromatic rings. The fourth-order valence-corrected chi connectivity index (χ4v) is 4.17. The molecule has 0 saturated heterocycles. The number of nitrogens with zero attached hydrogens (tertiary/aromatic N) is 2. The number of ether oxygens (including phenoxy) is 1. The van der Waals surface area contributed by atoms with Gasteiger partial charge in [0, 0.05) is 18.5 Å². The van der Waals surface area contributed by atoms with E-state index >= 15 is 0 Å². The smallest absolute Gasteiger partial charge is 0.182 e. The van der Waals surface area contributed by atoms with Gasteiger partial charge in [-0.3, -0.25) is 9.20 Å². The van der Waals surface area contributed by atoms with Crippen LogP contribution in [0.25, 0.3) is 5.65 Å². The molecule has 0 saturated carbocycles. The van der Waals surface area contributed by atoms with Crippen molar-refractivity contribution in [1.82, 2.24) is 9.38 Å². The van der Waals surface area contributed by atoms with E-state index in [9.17, 15) is 14.3 Å². The van der Waals surface area contributed by atoms with Crippen LogP contribution in [0.3, 0.4) is 0 Å². The van der Waals surface area contributed by atoms with E-state index in [0.717, 1.165) is 5.56 Å². The third kappa shape index (κ3) is 3.99. The van der Waals surface area contributed by atoms with Crippen LogP contribution in [0.15, 0.2) is 60.1 Å². The molecule has 0 unspecified atom stereocenters. The monoisotopic (exact) mass is 424 g/mol. The molecule has 0 aliphatic heterocycles. The third-order valence-corrected chi connectivity index (χ3v) is 5.90. The topological polar surface area (TPSA) is 63.8 Å². The fourth-order valence-electron chi connectivity index (χ4n) is 3.51. The third-order valence-electron chi connectivity index (χ3n) is 5.03. The first-order chi connectivity index (χ1) is 14.6. The Morgan fingerprint density at radius 2 is 2.03 bits per heavy atom. The van der Waals surface area contributed by atoms with E-state index in [1.807, 2.05) is 30.3 Å². The zero-order chi connectivity index (χ0) is 21.1. The molecule has 3 aromatic heterocycles. The van der Waals surface area contributed by atoms with E-state index < -0.39 is 0 Å². The van der Waals surface area contributed by atoms with Crippen LogP contribution in [0.2, 0.25) is 0 Å². The summed E-state index contributed by atoms with van der Waals surface area (Å²) in [4.78, 5) is 18.2. The maximum atomic E-state index is 13.7. The van der Waals surface area contributed by atoms with E-state index in [-0.39, 0.29) is 37.2 Å². The number of benzene rings is 1. The molecule has 0 radical (unpaired) electrons. The standard InChI is InChI=1S/C23H21FN2O3S/c1-15-22(19(28)12-17(13-27)16-6-3-2-4-7-16)26-10-5-8-20(23(26)25-15)29-14-21-18(24)9-11-30-21/h2-11,17,27H,12-14H2,1H3/t17-/m0/s1. The predicted molar refractivity (Wildman–Crippen MR) is 114 cm³/mol. The number of carbonyl (C=O) groups excluding carboxylic acids is 1. The van der Waals surface area contributed by atoms with Gasteiger partial charge >= 0.3 is 0 Å². The van der Waals surface area contributed by atoms with Crippen LogP contribution in [0.1, 0.15) is 39.0 Å². The molecule has 5 nitrogen and oxygen atoms in total. The van der Waals surface area contributed by atoms with Crippen LogP contribution in [-0.4, -0.2) is 26.9 Å². The fraction of sp³-hybridized carbons (Fsp3) is 0.217. The summed E-state index contributed by atoms with van der Waals surface area (Å²) < 4.78 is 21.2. The largest absolute Gasteiger partial charge is 0.484 e. The number of aliphatic hydroxyl groups excluding tert-OH is 1. The minimum Gasteiger partial charge on any atom is -0.484 e. The summed E-state index contributed by atoms with van der Waals surface area (Å²) in [5.74, 6) is -0.207. The Bertz CT molecular complexity index is 1170. The molecule has 0 aliphatic rings. The van der Waals surface area contributed by atoms with Crippen molar-refractivity contribution >= 4 is 22.8 Å². The van der Waals surface area contributed by atoms with Gasteiger partial charge in [-0.1, -0.05) is 30.3 Å². The van der Waals surface area contributed by atoms with Gasteiger partial charge in [0.2, 0.25) is 0 Å². The second kappa shape index (κ2) is 8.77. The number of Topliss-reactive ketones (excluding diaryl/α,β-unsaturated/α-hetero) is 1. The van der Waals surface area contributed by atoms with Crippen molar-refractivity contribution in [3.63, 3.8) is 0 Å². The molecule has 0 bridgehead atoms. The summed E-state index contributed by atoms with van der Waals surface area (Å²) in [6.45, 7) is 1.75. The van der Waals surface area contributed by atoms with Gasteiger partial charge in [-0.25, -0.2) is 9.37 Å². The molecule has 30 heavy (non-hydrogen) atoms. The number of thiophene rings is 1. The van der Waals surface area contributed by atoms with E-state index in [4.69, 9.17) is 4.74 Å². The maximum absolute atomic E-state index is 13.7. The summed E-state index contributed by atoms with van der Waals surface area (Å²) in [5.41, 5.74) is 2.48. The minimum absolute atomic E-state index is 0.0962. The second-order valence-corrected chi connectivity index (χ2v) is 8.01. The lowest BCUT2D eigenvalue weighted by Crippen LogP contribution is -2.13. The molecule has 4 rings (SSSR count). The summed E-state index contributed by atoms with van der Waals surface area (Å²) in [5, 5.41) is 11.5. The Hall–Kier alpha value is -3.03. The minimum atomic E-state index is -0.293. The summed E-state index contributed by atoms with van der Waals surface area (Å²) in [7, 11) is 0. The van der Waals surface area contributed by atoms with Crippen LogP contribution in [-0.2, 0) is 6.61 Å². The van der Waals surface area contributed by atoms with Crippen LogP contribution in [0.4, 0.5) is 4.39 Å². The van der Waals surface area contributed by atoms with Gasteiger partial charge in [0.15, 0.2) is 17.2 Å². The lowest BCUT2D eigenvalue weighted by molar-refractivity contribution is 0.0953. The molecule has 1 N–H and O–H groups in total. The molecule has 154 valence electrons. The zero-order valence-corrected chi connectivity index (χ0v) is 17.2. The zero-order valence-electron chi connectivity index (χ0n) is 16.4. The molecule has 3 heterocycles.